The van der Waals surface area contributed by atoms with Crippen molar-refractivity contribution < 1.29 is 13.6 Å². The first kappa shape index (κ1) is 14.9. The van der Waals surface area contributed by atoms with Gasteiger partial charge in [-0.3, -0.25) is 4.79 Å². The van der Waals surface area contributed by atoms with Gasteiger partial charge in [0.25, 0.3) is 5.91 Å². The molecule has 1 heterocycles. The van der Waals surface area contributed by atoms with Crippen LogP contribution in [0.3, 0.4) is 0 Å². The lowest BCUT2D eigenvalue weighted by atomic mass is 10.2. The molecule has 0 atom stereocenters. The normalized spacial score (nSPS) is 10.7. The summed E-state index contributed by atoms with van der Waals surface area (Å²) in [5.41, 5.74) is 4.68. The summed E-state index contributed by atoms with van der Waals surface area (Å²) in [5.74, 6) is -3.28. The Hall–Kier alpha value is -1.50. The molecule has 0 unspecified atom stereocenters. The summed E-state index contributed by atoms with van der Waals surface area (Å²) < 4.78 is 27.4. The Labute approximate surface area is 126 Å². The maximum atomic E-state index is 14.0. The van der Waals surface area contributed by atoms with E-state index in [1.165, 1.54) is 0 Å². The topological polar surface area (TPSA) is 68.9 Å². The van der Waals surface area contributed by atoms with Gasteiger partial charge in [0.1, 0.15) is 5.02 Å². The van der Waals surface area contributed by atoms with E-state index in [4.69, 9.17) is 40.5 Å². The maximum Gasteiger partial charge on any atom is 0.251 e. The molecule has 1 aromatic heterocycles. The number of rotatable bonds is 2. The van der Waals surface area contributed by atoms with E-state index < -0.39 is 32.6 Å². The summed E-state index contributed by atoms with van der Waals surface area (Å²) >= 11 is 16.8. The van der Waals surface area contributed by atoms with Crippen molar-refractivity contribution in [2.24, 2.45) is 5.73 Å². The van der Waals surface area contributed by atoms with Gasteiger partial charge in [-0.05, 0) is 0 Å². The second-order valence-corrected chi connectivity index (χ2v) is 4.74. The zero-order valence-electron chi connectivity index (χ0n) is 9.42. The van der Waals surface area contributed by atoms with E-state index in [2.05, 4.69) is 9.97 Å². The highest BCUT2D eigenvalue weighted by Crippen LogP contribution is 2.40. The predicted octanol–water partition coefficient (Wildman–Crippen LogP) is 3.48. The lowest BCUT2D eigenvalue weighted by molar-refractivity contribution is 0.0999. The second kappa shape index (κ2) is 5.47. The molecule has 0 fully saturated rings. The van der Waals surface area contributed by atoms with Crippen molar-refractivity contribution in [2.75, 3.05) is 0 Å². The third-order valence-corrected chi connectivity index (χ3v) is 3.53. The summed E-state index contributed by atoms with van der Waals surface area (Å²) in [6.45, 7) is 0. The Morgan fingerprint density at radius 1 is 1.00 bits per heavy atom. The molecule has 0 aliphatic heterocycles. The van der Waals surface area contributed by atoms with Crippen molar-refractivity contribution in [3.05, 3.63) is 44.7 Å². The molecule has 2 aromatic rings. The molecule has 0 saturated carbocycles. The first-order chi connectivity index (χ1) is 9.34. The molecule has 104 valence electrons. The molecular formula is C11H4Cl3F2N3O. The monoisotopic (exact) mass is 337 g/mol. The van der Waals surface area contributed by atoms with Crippen LogP contribution in [0.4, 0.5) is 8.78 Å². The molecule has 9 heteroatoms. The Morgan fingerprint density at radius 3 is 2.05 bits per heavy atom. The van der Waals surface area contributed by atoms with Crippen LogP contribution in [-0.4, -0.2) is 15.9 Å². The van der Waals surface area contributed by atoms with E-state index in [0.29, 0.717) is 0 Å². The number of carbonyl (C=O) groups excluding carboxylic acids is 1. The van der Waals surface area contributed by atoms with Gasteiger partial charge in [-0.1, -0.05) is 34.8 Å². The van der Waals surface area contributed by atoms with E-state index in [1.807, 2.05) is 0 Å². The zero-order chi connectivity index (χ0) is 15.0. The minimum absolute atomic E-state index is 0.0181. The minimum Gasteiger partial charge on any atom is -0.366 e. The Kier molecular flexibility index (Phi) is 4.08. The number of carbonyl (C=O) groups is 1. The second-order valence-electron chi connectivity index (χ2n) is 3.60. The van der Waals surface area contributed by atoms with Crippen LogP contribution in [0.15, 0.2) is 12.4 Å². The van der Waals surface area contributed by atoms with Gasteiger partial charge in [-0.25, -0.2) is 18.7 Å². The average molecular weight is 339 g/mol. The quantitative estimate of drug-likeness (QED) is 0.673. The third-order valence-electron chi connectivity index (χ3n) is 2.37. The first-order valence-corrected chi connectivity index (χ1v) is 6.11. The smallest absolute Gasteiger partial charge is 0.251 e. The Balaban J connectivity index is 2.67. The maximum absolute atomic E-state index is 14.0. The summed E-state index contributed by atoms with van der Waals surface area (Å²) in [4.78, 5) is 18.3. The number of hydrogen-bond donors (Lipinski definition) is 1. The number of amides is 1. The molecule has 4 nitrogen and oxygen atoms in total. The molecule has 2 N–H and O–H groups in total. The molecule has 0 radical (unpaired) electrons. The van der Waals surface area contributed by atoms with Crippen LogP contribution in [0.5, 0.6) is 0 Å². The fourth-order valence-corrected chi connectivity index (χ4v) is 2.06. The molecule has 1 amide bonds. The molecule has 1 aromatic carbocycles. The van der Waals surface area contributed by atoms with Gasteiger partial charge in [0.2, 0.25) is 0 Å². The molecule has 0 aliphatic carbocycles. The van der Waals surface area contributed by atoms with Crippen molar-refractivity contribution in [1.29, 1.82) is 0 Å². The number of benzene rings is 1. The van der Waals surface area contributed by atoms with E-state index >= 15 is 0 Å². The number of aromatic nitrogens is 2. The van der Waals surface area contributed by atoms with Gasteiger partial charge in [0.05, 0.1) is 21.2 Å². The average Bonchev–Trinajstić information content (AvgIpc) is 2.44. The van der Waals surface area contributed by atoms with Gasteiger partial charge in [-0.15, -0.1) is 0 Å². The highest BCUT2D eigenvalue weighted by Gasteiger charge is 2.24. The number of nitrogens with zero attached hydrogens (tertiary/aromatic N) is 2. The van der Waals surface area contributed by atoms with Crippen LogP contribution >= 0.6 is 34.8 Å². The fourth-order valence-electron chi connectivity index (χ4n) is 1.39. The van der Waals surface area contributed by atoms with Gasteiger partial charge in [-0.2, -0.15) is 0 Å². The van der Waals surface area contributed by atoms with E-state index in [9.17, 15) is 13.6 Å². The SMILES string of the molecule is NC(=O)c1cnc(-c2c(F)c(Cl)c(F)c(Cl)c2Cl)nc1. The van der Waals surface area contributed by atoms with E-state index in [1.54, 1.807) is 0 Å². The molecule has 0 saturated heterocycles. The molecule has 0 spiro atoms. The molecular weight excluding hydrogens is 334 g/mol. The Bertz CT molecular complexity index is 678. The van der Waals surface area contributed by atoms with Crippen molar-refractivity contribution in [3.63, 3.8) is 0 Å². The highest BCUT2D eigenvalue weighted by atomic mass is 35.5. The molecule has 20 heavy (non-hydrogen) atoms. The van der Waals surface area contributed by atoms with Crippen LogP contribution in [0.2, 0.25) is 15.1 Å². The highest BCUT2D eigenvalue weighted by molar-refractivity contribution is 6.45. The van der Waals surface area contributed by atoms with E-state index in [-0.39, 0.29) is 17.0 Å². The molecule has 0 bridgehead atoms. The molecule has 0 aliphatic rings. The van der Waals surface area contributed by atoms with Crippen LogP contribution in [0.1, 0.15) is 10.4 Å². The van der Waals surface area contributed by atoms with Crippen LogP contribution in [0, 0.1) is 11.6 Å². The summed E-state index contributed by atoms with van der Waals surface area (Å²) in [6, 6.07) is 0. The minimum atomic E-state index is -1.17. The summed E-state index contributed by atoms with van der Waals surface area (Å²) in [5, 5.41) is -1.79. The van der Waals surface area contributed by atoms with Crippen LogP contribution < -0.4 is 5.73 Å². The number of nitrogens with two attached hydrogens (primary N) is 1. The third kappa shape index (κ3) is 2.42. The van der Waals surface area contributed by atoms with Crippen molar-refractivity contribution in [1.82, 2.24) is 9.97 Å². The molecule has 2 rings (SSSR count). The predicted molar refractivity (Wildman–Crippen MR) is 70.9 cm³/mol. The lowest BCUT2D eigenvalue weighted by Crippen LogP contribution is -2.12. The van der Waals surface area contributed by atoms with Gasteiger partial charge in [0, 0.05) is 12.4 Å². The number of halogens is 5. The van der Waals surface area contributed by atoms with Crippen LogP contribution in [0.25, 0.3) is 11.4 Å². The Morgan fingerprint density at radius 2 is 1.55 bits per heavy atom. The van der Waals surface area contributed by atoms with Gasteiger partial charge in [0.15, 0.2) is 17.5 Å². The summed E-state index contributed by atoms with van der Waals surface area (Å²) in [7, 11) is 0. The van der Waals surface area contributed by atoms with Crippen LogP contribution in [-0.2, 0) is 0 Å². The lowest BCUT2D eigenvalue weighted by Gasteiger charge is -2.09. The number of primary amides is 1. The first-order valence-electron chi connectivity index (χ1n) is 4.98. The largest absolute Gasteiger partial charge is 0.366 e. The fraction of sp³-hybridized carbons (Fsp3) is 0. The van der Waals surface area contributed by atoms with Crippen molar-refractivity contribution in [2.45, 2.75) is 0 Å². The standard InChI is InChI=1S/C11H4Cl3F2N3O/c12-5-4(8(15)7(14)9(16)6(5)13)11-18-1-3(2-19-11)10(17)20/h1-2H,(H2,17,20). The van der Waals surface area contributed by atoms with Gasteiger partial charge >= 0.3 is 0 Å². The van der Waals surface area contributed by atoms with E-state index in [0.717, 1.165) is 12.4 Å². The summed E-state index contributed by atoms with van der Waals surface area (Å²) in [6.07, 6.45) is 2.15. The van der Waals surface area contributed by atoms with Crippen molar-refractivity contribution in [3.8, 4) is 11.4 Å². The van der Waals surface area contributed by atoms with Gasteiger partial charge < -0.3 is 5.73 Å². The number of hydrogen-bond acceptors (Lipinski definition) is 3. The zero-order valence-corrected chi connectivity index (χ0v) is 11.7. The van der Waals surface area contributed by atoms with Crippen molar-refractivity contribution >= 4 is 40.7 Å².